The van der Waals surface area contributed by atoms with Gasteiger partial charge in [0.05, 0.1) is 27.6 Å². The van der Waals surface area contributed by atoms with Gasteiger partial charge in [0.2, 0.25) is 0 Å². The summed E-state index contributed by atoms with van der Waals surface area (Å²) in [5.41, 5.74) is 1.08. The number of nitriles is 1. The number of benzene rings is 2. The van der Waals surface area contributed by atoms with E-state index in [0.717, 1.165) is 0 Å². The number of hydrogen-bond acceptors (Lipinski definition) is 5. The molecule has 0 saturated carbocycles. The van der Waals surface area contributed by atoms with E-state index in [-0.39, 0.29) is 5.69 Å². The molecule has 6 heteroatoms. The Balaban J connectivity index is 2.48. The van der Waals surface area contributed by atoms with Crippen LogP contribution in [0.4, 0.5) is 5.69 Å². The second-order valence-corrected chi connectivity index (χ2v) is 5.45. The maximum atomic E-state index is 11.0. The molecule has 5 nitrogen and oxygen atoms in total. The highest BCUT2D eigenvalue weighted by Gasteiger charge is 2.17. The van der Waals surface area contributed by atoms with Crippen LogP contribution in [-0.2, 0) is 0 Å². The van der Waals surface area contributed by atoms with Crippen molar-refractivity contribution in [3.8, 4) is 6.07 Å². The third-order valence-corrected chi connectivity index (χ3v) is 4.01. The van der Waals surface area contributed by atoms with Gasteiger partial charge in [0, 0.05) is 11.0 Å². The largest absolute Gasteiger partial charge is 0.389 e. The zero-order valence-corrected chi connectivity index (χ0v) is 12.0. The Bertz CT molecular complexity index is 723. The molecule has 0 unspecified atom stereocenters. The first-order valence-electron chi connectivity index (χ1n) is 6.16. The quantitative estimate of drug-likeness (QED) is 0.687. The molecule has 0 aliphatic carbocycles. The van der Waals surface area contributed by atoms with Crippen molar-refractivity contribution in [2.45, 2.75) is 22.8 Å². The number of para-hydroxylation sites is 1. The highest BCUT2D eigenvalue weighted by atomic mass is 32.2. The van der Waals surface area contributed by atoms with Gasteiger partial charge in [0.1, 0.15) is 0 Å². The lowest BCUT2D eigenvalue weighted by molar-refractivity contribution is -0.387. The van der Waals surface area contributed by atoms with E-state index in [9.17, 15) is 15.2 Å². The first-order chi connectivity index (χ1) is 10.0. The van der Waals surface area contributed by atoms with Crippen LogP contribution < -0.4 is 0 Å². The van der Waals surface area contributed by atoms with Crippen molar-refractivity contribution in [3.63, 3.8) is 0 Å². The molecule has 1 atom stereocenters. The van der Waals surface area contributed by atoms with E-state index in [1.54, 1.807) is 43.3 Å². The molecular weight excluding hydrogens is 288 g/mol. The number of rotatable bonds is 4. The van der Waals surface area contributed by atoms with E-state index < -0.39 is 11.0 Å². The van der Waals surface area contributed by atoms with E-state index >= 15 is 0 Å². The Morgan fingerprint density at radius 3 is 2.62 bits per heavy atom. The highest BCUT2D eigenvalue weighted by Crippen LogP contribution is 2.38. The van der Waals surface area contributed by atoms with Crippen molar-refractivity contribution in [3.05, 3.63) is 63.7 Å². The minimum Gasteiger partial charge on any atom is -0.389 e. The summed E-state index contributed by atoms with van der Waals surface area (Å²) >= 11 is 1.17. The Morgan fingerprint density at radius 1 is 1.29 bits per heavy atom. The van der Waals surface area contributed by atoms with E-state index in [0.29, 0.717) is 20.9 Å². The van der Waals surface area contributed by atoms with E-state index in [1.807, 2.05) is 6.07 Å². The van der Waals surface area contributed by atoms with Crippen molar-refractivity contribution in [1.29, 1.82) is 5.26 Å². The summed E-state index contributed by atoms with van der Waals surface area (Å²) in [6, 6.07) is 13.3. The summed E-state index contributed by atoms with van der Waals surface area (Å²) in [5, 5.41) is 29.8. The minimum absolute atomic E-state index is 0.00130. The van der Waals surface area contributed by atoms with Crippen LogP contribution in [0, 0.1) is 21.4 Å². The topological polar surface area (TPSA) is 87.2 Å². The lowest BCUT2D eigenvalue weighted by atomic mass is 10.1. The molecule has 0 saturated heterocycles. The van der Waals surface area contributed by atoms with Gasteiger partial charge in [-0.2, -0.15) is 5.26 Å². The van der Waals surface area contributed by atoms with Crippen LogP contribution in [0.3, 0.4) is 0 Å². The van der Waals surface area contributed by atoms with Gasteiger partial charge in [0.25, 0.3) is 5.69 Å². The summed E-state index contributed by atoms with van der Waals surface area (Å²) < 4.78 is 0. The van der Waals surface area contributed by atoms with Gasteiger partial charge in [-0.05, 0) is 30.7 Å². The fourth-order valence-electron chi connectivity index (χ4n) is 1.85. The van der Waals surface area contributed by atoms with Crippen molar-refractivity contribution in [2.75, 3.05) is 0 Å². The maximum Gasteiger partial charge on any atom is 0.283 e. The molecule has 0 aliphatic heterocycles. The second kappa shape index (κ2) is 6.39. The summed E-state index contributed by atoms with van der Waals surface area (Å²) in [4.78, 5) is 11.7. The lowest BCUT2D eigenvalue weighted by Crippen LogP contribution is -1.96. The normalized spacial score (nSPS) is 11.7. The number of nitro benzene ring substituents is 1. The van der Waals surface area contributed by atoms with Gasteiger partial charge in [-0.1, -0.05) is 30.0 Å². The average Bonchev–Trinajstić information content (AvgIpc) is 2.47. The van der Waals surface area contributed by atoms with Crippen LogP contribution in [0.25, 0.3) is 0 Å². The number of aliphatic hydroxyl groups excluding tert-OH is 1. The smallest absolute Gasteiger partial charge is 0.283 e. The molecular formula is C15H12N2O3S. The third kappa shape index (κ3) is 3.40. The predicted molar refractivity (Wildman–Crippen MR) is 79.0 cm³/mol. The van der Waals surface area contributed by atoms with Crippen molar-refractivity contribution >= 4 is 17.4 Å². The van der Waals surface area contributed by atoms with E-state index in [1.165, 1.54) is 17.8 Å². The van der Waals surface area contributed by atoms with Gasteiger partial charge in [-0.3, -0.25) is 10.1 Å². The third-order valence-electron chi connectivity index (χ3n) is 2.87. The zero-order valence-electron chi connectivity index (χ0n) is 11.2. The number of aliphatic hydroxyl groups is 1. The molecule has 0 spiro atoms. The molecule has 21 heavy (non-hydrogen) atoms. The molecule has 2 aromatic rings. The van der Waals surface area contributed by atoms with Gasteiger partial charge in [-0.15, -0.1) is 0 Å². The van der Waals surface area contributed by atoms with Crippen LogP contribution in [-0.4, -0.2) is 10.0 Å². The van der Waals surface area contributed by atoms with Crippen LogP contribution in [0.5, 0.6) is 0 Å². The Hall–Kier alpha value is -2.36. The van der Waals surface area contributed by atoms with Crippen LogP contribution in [0.1, 0.15) is 24.2 Å². The SMILES string of the molecule is C[C@H](O)c1ccc(C#N)cc1Sc1ccccc1[N+](=O)[O-]. The number of hydrogen-bond donors (Lipinski definition) is 1. The zero-order chi connectivity index (χ0) is 15.4. The fraction of sp³-hybridized carbons (Fsp3) is 0.133. The molecule has 0 fully saturated rings. The van der Waals surface area contributed by atoms with E-state index in [4.69, 9.17) is 5.26 Å². The van der Waals surface area contributed by atoms with Gasteiger partial charge < -0.3 is 5.11 Å². The van der Waals surface area contributed by atoms with Crippen molar-refractivity contribution in [1.82, 2.24) is 0 Å². The predicted octanol–water partition coefficient (Wildman–Crippen LogP) is 3.67. The lowest BCUT2D eigenvalue weighted by Gasteiger charge is -2.12. The van der Waals surface area contributed by atoms with Crippen molar-refractivity contribution in [2.24, 2.45) is 0 Å². The summed E-state index contributed by atoms with van der Waals surface area (Å²) in [6.45, 7) is 1.62. The Morgan fingerprint density at radius 2 is 2.00 bits per heavy atom. The summed E-state index contributed by atoms with van der Waals surface area (Å²) in [7, 11) is 0. The Kier molecular flexibility index (Phi) is 4.58. The first-order valence-corrected chi connectivity index (χ1v) is 6.98. The number of nitro groups is 1. The van der Waals surface area contributed by atoms with Gasteiger partial charge in [0.15, 0.2) is 0 Å². The second-order valence-electron chi connectivity index (χ2n) is 4.37. The summed E-state index contributed by atoms with van der Waals surface area (Å²) in [5.74, 6) is 0. The molecule has 0 bridgehead atoms. The monoisotopic (exact) mass is 300 g/mol. The van der Waals surface area contributed by atoms with Gasteiger partial charge in [-0.25, -0.2) is 0 Å². The molecule has 1 N–H and O–H groups in total. The number of nitrogens with zero attached hydrogens (tertiary/aromatic N) is 2. The highest BCUT2D eigenvalue weighted by molar-refractivity contribution is 7.99. The van der Waals surface area contributed by atoms with Crippen LogP contribution >= 0.6 is 11.8 Å². The van der Waals surface area contributed by atoms with Crippen molar-refractivity contribution < 1.29 is 10.0 Å². The minimum atomic E-state index is -0.719. The standard InChI is InChI=1S/C15H12N2O3S/c1-10(18)12-7-6-11(9-16)8-15(12)21-14-5-3-2-4-13(14)17(19)20/h2-8,10,18H,1H3/t10-/m0/s1. The Labute approximate surface area is 126 Å². The van der Waals surface area contributed by atoms with E-state index in [2.05, 4.69) is 0 Å². The molecule has 2 aromatic carbocycles. The molecule has 0 radical (unpaired) electrons. The molecule has 0 aromatic heterocycles. The molecule has 0 aliphatic rings. The molecule has 106 valence electrons. The van der Waals surface area contributed by atoms with Crippen LogP contribution in [0.2, 0.25) is 0 Å². The maximum absolute atomic E-state index is 11.0. The fourth-order valence-corrected chi connectivity index (χ4v) is 3.02. The first kappa shape index (κ1) is 15.0. The molecule has 0 heterocycles. The molecule has 2 rings (SSSR count). The summed E-state index contributed by atoms with van der Waals surface area (Å²) in [6.07, 6.45) is -0.719. The average molecular weight is 300 g/mol. The van der Waals surface area contributed by atoms with Crippen LogP contribution in [0.15, 0.2) is 52.3 Å². The van der Waals surface area contributed by atoms with Gasteiger partial charge >= 0.3 is 0 Å². The molecule has 0 amide bonds.